The van der Waals surface area contributed by atoms with Gasteiger partial charge < -0.3 is 10.2 Å². The molecule has 2 unspecified atom stereocenters. The van der Waals surface area contributed by atoms with E-state index in [-0.39, 0.29) is 5.91 Å². The smallest absolute Gasteiger partial charge is 0.259 e. The minimum absolute atomic E-state index is 0.355. The van der Waals surface area contributed by atoms with Gasteiger partial charge in [0.25, 0.3) is 5.91 Å². The van der Waals surface area contributed by atoms with Crippen LogP contribution >= 0.6 is 0 Å². The molecule has 3 nitrogen and oxygen atoms in total. The van der Waals surface area contributed by atoms with Gasteiger partial charge >= 0.3 is 0 Å². The van der Waals surface area contributed by atoms with Gasteiger partial charge in [-0.05, 0) is 25.7 Å². The Kier molecular flexibility index (Phi) is 2.26. The summed E-state index contributed by atoms with van der Waals surface area (Å²) < 4.78 is 13.4. The second-order valence-electron chi connectivity index (χ2n) is 4.86. The van der Waals surface area contributed by atoms with Crippen LogP contribution in [0.2, 0.25) is 0 Å². The second-order valence-corrected chi connectivity index (χ2v) is 4.86. The summed E-state index contributed by atoms with van der Waals surface area (Å²) in [6, 6.07) is 0. The Morgan fingerprint density at radius 3 is 2.29 bits per heavy atom. The first-order valence-electron chi connectivity index (χ1n) is 5.17. The molecule has 14 heavy (non-hydrogen) atoms. The van der Waals surface area contributed by atoms with Crippen molar-refractivity contribution in [2.45, 2.75) is 19.5 Å². The van der Waals surface area contributed by atoms with Crippen molar-refractivity contribution < 1.29 is 9.18 Å². The van der Waals surface area contributed by atoms with E-state index in [4.69, 9.17) is 0 Å². The standard InChI is InChI=1S/C10H17FN2O/c1-10(2,11)9(14)13-5-7-3-12-4-8(7)6-13/h7-8,12H,3-6H2,1-2H3. The largest absolute Gasteiger partial charge is 0.339 e. The van der Waals surface area contributed by atoms with Crippen LogP contribution in [0.5, 0.6) is 0 Å². The number of amides is 1. The SMILES string of the molecule is CC(C)(F)C(=O)N1CC2CNCC2C1. The Morgan fingerprint density at radius 2 is 1.86 bits per heavy atom. The van der Waals surface area contributed by atoms with E-state index in [9.17, 15) is 9.18 Å². The summed E-state index contributed by atoms with van der Waals surface area (Å²) in [7, 11) is 0. The topological polar surface area (TPSA) is 32.3 Å². The Bertz CT molecular complexity index is 237. The second kappa shape index (κ2) is 3.19. The fourth-order valence-corrected chi connectivity index (χ4v) is 2.40. The van der Waals surface area contributed by atoms with Crippen LogP contribution in [0, 0.1) is 11.8 Å². The first-order chi connectivity index (χ1) is 6.48. The first kappa shape index (κ1) is 9.90. The number of nitrogens with zero attached hydrogens (tertiary/aromatic N) is 1. The molecule has 2 aliphatic heterocycles. The molecule has 1 amide bonds. The van der Waals surface area contributed by atoms with Gasteiger partial charge in [0.2, 0.25) is 0 Å². The van der Waals surface area contributed by atoms with Crippen molar-refractivity contribution in [3.05, 3.63) is 0 Å². The molecular formula is C10H17FN2O. The number of hydrogen-bond donors (Lipinski definition) is 1. The zero-order valence-electron chi connectivity index (χ0n) is 8.72. The van der Waals surface area contributed by atoms with Gasteiger partial charge in [-0.3, -0.25) is 4.79 Å². The lowest BCUT2D eigenvalue weighted by molar-refractivity contribution is -0.141. The average Bonchev–Trinajstić information content (AvgIpc) is 2.58. The lowest BCUT2D eigenvalue weighted by Crippen LogP contribution is -2.42. The number of nitrogens with one attached hydrogen (secondary N) is 1. The van der Waals surface area contributed by atoms with Crippen LogP contribution in [-0.4, -0.2) is 42.7 Å². The van der Waals surface area contributed by atoms with E-state index in [1.54, 1.807) is 4.90 Å². The fraction of sp³-hybridized carbons (Fsp3) is 0.900. The van der Waals surface area contributed by atoms with Gasteiger partial charge in [0.1, 0.15) is 0 Å². The zero-order chi connectivity index (χ0) is 10.3. The number of rotatable bonds is 1. The molecule has 0 bridgehead atoms. The number of carbonyl (C=O) groups excluding carboxylic acids is 1. The maximum Gasteiger partial charge on any atom is 0.259 e. The summed E-state index contributed by atoms with van der Waals surface area (Å²) in [5, 5.41) is 3.29. The van der Waals surface area contributed by atoms with Crippen molar-refractivity contribution in [3.63, 3.8) is 0 Å². The van der Waals surface area contributed by atoms with Crippen molar-refractivity contribution >= 4 is 5.91 Å². The number of hydrogen-bond acceptors (Lipinski definition) is 2. The van der Waals surface area contributed by atoms with Crippen LogP contribution < -0.4 is 5.32 Å². The van der Waals surface area contributed by atoms with E-state index >= 15 is 0 Å². The van der Waals surface area contributed by atoms with Gasteiger partial charge in [-0.25, -0.2) is 4.39 Å². The Hall–Kier alpha value is -0.640. The molecule has 0 radical (unpaired) electrons. The maximum absolute atomic E-state index is 13.4. The Balaban J connectivity index is 1.99. The molecule has 2 rings (SSSR count). The summed E-state index contributed by atoms with van der Waals surface area (Å²) in [6.45, 7) is 6.07. The summed E-state index contributed by atoms with van der Waals surface area (Å²) in [5.74, 6) is 0.731. The molecule has 0 aromatic carbocycles. The minimum atomic E-state index is -1.72. The van der Waals surface area contributed by atoms with Crippen molar-refractivity contribution in [2.75, 3.05) is 26.2 Å². The highest BCUT2D eigenvalue weighted by atomic mass is 19.1. The number of likely N-dealkylation sites (tertiary alicyclic amines) is 1. The van der Waals surface area contributed by atoms with Crippen molar-refractivity contribution in [3.8, 4) is 0 Å². The quantitative estimate of drug-likeness (QED) is 0.665. The van der Waals surface area contributed by atoms with Crippen molar-refractivity contribution in [1.82, 2.24) is 10.2 Å². The van der Waals surface area contributed by atoms with Gasteiger partial charge in [0, 0.05) is 26.2 Å². The van der Waals surface area contributed by atoms with E-state index in [0.29, 0.717) is 11.8 Å². The molecular weight excluding hydrogens is 183 g/mol. The van der Waals surface area contributed by atoms with E-state index in [1.807, 2.05) is 0 Å². The highest BCUT2D eigenvalue weighted by molar-refractivity contribution is 5.84. The van der Waals surface area contributed by atoms with Crippen molar-refractivity contribution in [1.29, 1.82) is 0 Å². The Morgan fingerprint density at radius 1 is 1.36 bits per heavy atom. The normalized spacial score (nSPS) is 32.1. The average molecular weight is 200 g/mol. The Labute approximate surface area is 83.6 Å². The number of fused-ring (bicyclic) bond motifs is 1. The predicted octanol–water partition coefficient (Wildman–Crippen LogP) is 0.412. The van der Waals surface area contributed by atoms with Gasteiger partial charge in [0.05, 0.1) is 0 Å². The molecule has 2 heterocycles. The van der Waals surface area contributed by atoms with E-state index in [0.717, 1.165) is 26.2 Å². The molecule has 80 valence electrons. The molecule has 0 aliphatic carbocycles. The van der Waals surface area contributed by atoms with Gasteiger partial charge in [-0.15, -0.1) is 0 Å². The molecule has 4 heteroatoms. The van der Waals surface area contributed by atoms with Crippen LogP contribution in [0.4, 0.5) is 4.39 Å². The maximum atomic E-state index is 13.4. The van der Waals surface area contributed by atoms with Crippen LogP contribution in [0.3, 0.4) is 0 Å². The highest BCUT2D eigenvalue weighted by Gasteiger charge is 2.42. The van der Waals surface area contributed by atoms with E-state index < -0.39 is 5.67 Å². The molecule has 2 aliphatic rings. The van der Waals surface area contributed by atoms with Gasteiger partial charge in [-0.1, -0.05) is 0 Å². The zero-order valence-corrected chi connectivity index (χ0v) is 8.72. The first-order valence-corrected chi connectivity index (χ1v) is 5.17. The molecule has 2 fully saturated rings. The predicted molar refractivity (Wildman–Crippen MR) is 51.6 cm³/mol. The highest BCUT2D eigenvalue weighted by Crippen LogP contribution is 2.28. The number of carbonyl (C=O) groups is 1. The lowest BCUT2D eigenvalue weighted by atomic mass is 10.0. The summed E-state index contributed by atoms with van der Waals surface area (Å²) >= 11 is 0. The third-order valence-corrected chi connectivity index (χ3v) is 3.19. The lowest BCUT2D eigenvalue weighted by Gasteiger charge is -2.23. The minimum Gasteiger partial charge on any atom is -0.339 e. The van der Waals surface area contributed by atoms with Crippen LogP contribution in [0.1, 0.15) is 13.8 Å². The van der Waals surface area contributed by atoms with Crippen molar-refractivity contribution in [2.24, 2.45) is 11.8 Å². The third kappa shape index (κ3) is 1.63. The van der Waals surface area contributed by atoms with Crippen LogP contribution in [0.25, 0.3) is 0 Å². The molecule has 2 atom stereocenters. The molecule has 0 aromatic heterocycles. The van der Waals surface area contributed by atoms with Crippen LogP contribution in [-0.2, 0) is 4.79 Å². The van der Waals surface area contributed by atoms with E-state index in [2.05, 4.69) is 5.32 Å². The number of halogens is 1. The fourth-order valence-electron chi connectivity index (χ4n) is 2.40. The molecule has 2 saturated heterocycles. The van der Waals surface area contributed by atoms with Gasteiger partial charge in [0.15, 0.2) is 5.67 Å². The summed E-state index contributed by atoms with van der Waals surface area (Å²) in [5.41, 5.74) is -1.72. The molecule has 0 aromatic rings. The van der Waals surface area contributed by atoms with Crippen LogP contribution in [0.15, 0.2) is 0 Å². The van der Waals surface area contributed by atoms with Gasteiger partial charge in [-0.2, -0.15) is 0 Å². The number of alkyl halides is 1. The summed E-state index contributed by atoms with van der Waals surface area (Å²) in [4.78, 5) is 13.3. The molecule has 0 saturated carbocycles. The molecule has 0 spiro atoms. The third-order valence-electron chi connectivity index (χ3n) is 3.19. The molecule has 1 N–H and O–H groups in total. The monoisotopic (exact) mass is 200 g/mol. The summed E-state index contributed by atoms with van der Waals surface area (Å²) in [6.07, 6.45) is 0. The van der Waals surface area contributed by atoms with E-state index in [1.165, 1.54) is 13.8 Å².